The van der Waals surface area contributed by atoms with Crippen molar-refractivity contribution in [3.63, 3.8) is 0 Å². The molecule has 23 heavy (non-hydrogen) atoms. The molecular formula is C17H21N3O2S. The number of nitrogens with one attached hydrogen (secondary N) is 1. The molecule has 1 saturated heterocycles. The maximum Gasteiger partial charge on any atom is 0.318 e. The molecule has 2 aromatic rings. The van der Waals surface area contributed by atoms with E-state index >= 15 is 0 Å². The molecule has 122 valence electrons. The molecule has 0 radical (unpaired) electrons. The smallest absolute Gasteiger partial charge is 0.318 e. The summed E-state index contributed by atoms with van der Waals surface area (Å²) in [5.41, 5.74) is 0.994. The van der Waals surface area contributed by atoms with Crippen molar-refractivity contribution in [1.29, 1.82) is 0 Å². The number of carbonyl (C=O) groups excluding carboxylic acids is 1. The summed E-state index contributed by atoms with van der Waals surface area (Å²) in [4.78, 5) is 19.7. The van der Waals surface area contributed by atoms with Crippen LogP contribution in [-0.2, 0) is 17.8 Å². The molecule has 1 N–H and O–H groups in total. The first-order chi connectivity index (χ1) is 11.3. The van der Waals surface area contributed by atoms with Gasteiger partial charge in [0.2, 0.25) is 0 Å². The number of aromatic nitrogens is 1. The first kappa shape index (κ1) is 16.0. The second kappa shape index (κ2) is 8.08. The Kier molecular flexibility index (Phi) is 5.60. The van der Waals surface area contributed by atoms with E-state index in [-0.39, 0.29) is 12.1 Å². The van der Waals surface area contributed by atoms with Gasteiger partial charge < -0.3 is 15.0 Å². The Labute approximate surface area is 140 Å². The van der Waals surface area contributed by atoms with E-state index in [1.807, 2.05) is 28.5 Å². The summed E-state index contributed by atoms with van der Waals surface area (Å²) in [6.07, 6.45) is 5.75. The molecule has 0 aliphatic carbocycles. The first-order valence-corrected chi connectivity index (χ1v) is 8.75. The monoisotopic (exact) mass is 331 g/mol. The van der Waals surface area contributed by atoms with Gasteiger partial charge in [0.15, 0.2) is 0 Å². The molecular weight excluding hydrogens is 310 g/mol. The highest BCUT2D eigenvalue weighted by Gasteiger charge is 2.22. The Bertz CT molecular complexity index is 598. The van der Waals surface area contributed by atoms with Crippen LogP contribution in [0.3, 0.4) is 0 Å². The summed E-state index contributed by atoms with van der Waals surface area (Å²) >= 11 is 1.67. The molecule has 2 aromatic heterocycles. The summed E-state index contributed by atoms with van der Waals surface area (Å²) in [7, 11) is 0. The van der Waals surface area contributed by atoms with Crippen LogP contribution in [0.25, 0.3) is 0 Å². The summed E-state index contributed by atoms with van der Waals surface area (Å²) in [6, 6.07) is 7.84. The van der Waals surface area contributed by atoms with Crippen LogP contribution in [-0.4, -0.2) is 35.2 Å². The lowest BCUT2D eigenvalue weighted by Gasteiger charge is -2.25. The van der Waals surface area contributed by atoms with Gasteiger partial charge >= 0.3 is 6.03 Å². The van der Waals surface area contributed by atoms with Gasteiger partial charge in [0.25, 0.3) is 0 Å². The van der Waals surface area contributed by atoms with E-state index in [0.29, 0.717) is 19.6 Å². The van der Waals surface area contributed by atoms with Crippen molar-refractivity contribution >= 4 is 17.4 Å². The second-order valence-corrected chi connectivity index (χ2v) is 6.65. The zero-order valence-electron chi connectivity index (χ0n) is 13.0. The highest BCUT2D eigenvalue weighted by molar-refractivity contribution is 7.09. The van der Waals surface area contributed by atoms with E-state index in [0.717, 1.165) is 25.0 Å². The van der Waals surface area contributed by atoms with Crippen molar-refractivity contribution in [3.8, 4) is 0 Å². The Morgan fingerprint density at radius 2 is 2.39 bits per heavy atom. The van der Waals surface area contributed by atoms with E-state index in [2.05, 4.69) is 16.4 Å². The van der Waals surface area contributed by atoms with Gasteiger partial charge in [0.05, 0.1) is 12.6 Å². The van der Waals surface area contributed by atoms with Gasteiger partial charge in [-0.3, -0.25) is 4.98 Å². The average molecular weight is 331 g/mol. The largest absolute Gasteiger partial charge is 0.376 e. The minimum Gasteiger partial charge on any atom is -0.376 e. The molecule has 3 rings (SSSR count). The van der Waals surface area contributed by atoms with Crippen LogP contribution >= 0.6 is 11.3 Å². The zero-order valence-corrected chi connectivity index (χ0v) is 13.8. The molecule has 0 spiro atoms. The zero-order chi connectivity index (χ0) is 15.9. The fraction of sp³-hybridized carbons (Fsp3) is 0.412. The van der Waals surface area contributed by atoms with Crippen molar-refractivity contribution in [2.45, 2.75) is 32.0 Å². The van der Waals surface area contributed by atoms with Crippen molar-refractivity contribution in [2.75, 3.05) is 13.2 Å². The predicted molar refractivity (Wildman–Crippen MR) is 90.2 cm³/mol. The van der Waals surface area contributed by atoms with Crippen molar-refractivity contribution < 1.29 is 9.53 Å². The quantitative estimate of drug-likeness (QED) is 0.885. The highest BCUT2D eigenvalue weighted by atomic mass is 32.1. The molecule has 1 aliphatic rings. The fourth-order valence-corrected chi connectivity index (χ4v) is 3.36. The number of nitrogens with zero attached hydrogens (tertiary/aromatic N) is 2. The SMILES string of the molecule is O=C(NCc1cccnc1)N(Cc1cccs1)C[C@@H]1CCCO1. The van der Waals surface area contributed by atoms with Crippen LogP contribution < -0.4 is 5.32 Å². The van der Waals surface area contributed by atoms with E-state index in [4.69, 9.17) is 4.74 Å². The topological polar surface area (TPSA) is 54.5 Å². The average Bonchev–Trinajstić information content (AvgIpc) is 3.27. The third-order valence-electron chi connectivity index (χ3n) is 3.83. The highest BCUT2D eigenvalue weighted by Crippen LogP contribution is 2.17. The van der Waals surface area contributed by atoms with Crippen LogP contribution in [0.2, 0.25) is 0 Å². The van der Waals surface area contributed by atoms with Crippen LogP contribution in [0.15, 0.2) is 42.0 Å². The second-order valence-electron chi connectivity index (χ2n) is 5.61. The molecule has 0 saturated carbocycles. The van der Waals surface area contributed by atoms with Crippen LogP contribution in [0.5, 0.6) is 0 Å². The van der Waals surface area contributed by atoms with Crippen LogP contribution in [0.1, 0.15) is 23.3 Å². The van der Waals surface area contributed by atoms with Gasteiger partial charge in [-0.15, -0.1) is 11.3 Å². The van der Waals surface area contributed by atoms with Crippen molar-refractivity contribution in [3.05, 3.63) is 52.5 Å². The van der Waals surface area contributed by atoms with Gasteiger partial charge in [-0.2, -0.15) is 0 Å². The lowest BCUT2D eigenvalue weighted by Crippen LogP contribution is -2.42. The molecule has 1 atom stereocenters. The molecule has 0 unspecified atom stereocenters. The maximum atomic E-state index is 12.6. The van der Waals surface area contributed by atoms with E-state index in [1.165, 1.54) is 4.88 Å². The summed E-state index contributed by atoms with van der Waals surface area (Å²) in [5.74, 6) is 0. The molecule has 5 nitrogen and oxygen atoms in total. The number of hydrogen-bond acceptors (Lipinski definition) is 4. The number of thiophene rings is 1. The third-order valence-corrected chi connectivity index (χ3v) is 4.69. The van der Waals surface area contributed by atoms with Gasteiger partial charge in [-0.25, -0.2) is 4.79 Å². The summed E-state index contributed by atoms with van der Waals surface area (Å²) in [6.45, 7) is 2.54. The Morgan fingerprint density at radius 1 is 1.43 bits per heavy atom. The minimum atomic E-state index is -0.0576. The number of urea groups is 1. The number of amides is 2. The van der Waals surface area contributed by atoms with E-state index in [9.17, 15) is 4.79 Å². The van der Waals surface area contributed by atoms with E-state index in [1.54, 1.807) is 23.7 Å². The predicted octanol–water partition coefficient (Wildman–Crippen LogP) is 3.03. The summed E-state index contributed by atoms with van der Waals surface area (Å²) in [5, 5.41) is 5.02. The molecule has 3 heterocycles. The van der Waals surface area contributed by atoms with E-state index < -0.39 is 0 Å². The third kappa shape index (κ3) is 4.77. The minimum absolute atomic E-state index is 0.0576. The maximum absolute atomic E-state index is 12.6. The van der Waals surface area contributed by atoms with Crippen LogP contribution in [0.4, 0.5) is 4.79 Å². The first-order valence-electron chi connectivity index (χ1n) is 7.87. The van der Waals surface area contributed by atoms with Crippen molar-refractivity contribution in [1.82, 2.24) is 15.2 Å². The normalized spacial score (nSPS) is 17.1. The molecule has 6 heteroatoms. The number of hydrogen-bond donors (Lipinski definition) is 1. The fourth-order valence-electron chi connectivity index (χ4n) is 2.64. The van der Waals surface area contributed by atoms with Gasteiger partial charge in [-0.1, -0.05) is 12.1 Å². The Hall–Kier alpha value is -1.92. The molecule has 0 aromatic carbocycles. The molecule has 1 fully saturated rings. The van der Waals surface area contributed by atoms with Gasteiger partial charge in [-0.05, 0) is 35.9 Å². The van der Waals surface area contributed by atoms with Crippen LogP contribution in [0, 0.1) is 0 Å². The van der Waals surface area contributed by atoms with Gasteiger partial charge in [0, 0.05) is 37.0 Å². The lowest BCUT2D eigenvalue weighted by molar-refractivity contribution is 0.0796. The molecule has 0 bridgehead atoms. The number of pyridine rings is 1. The van der Waals surface area contributed by atoms with Gasteiger partial charge in [0.1, 0.15) is 0 Å². The molecule has 1 aliphatic heterocycles. The lowest BCUT2D eigenvalue weighted by atomic mass is 10.2. The standard InChI is InChI=1S/C17H21N3O2S/c21-17(19-11-14-4-1-7-18-10-14)20(12-15-5-2-8-22-15)13-16-6-3-9-23-16/h1,3-4,6-7,9-10,15H,2,5,8,11-13H2,(H,19,21)/t15-/m0/s1. The number of carbonyl (C=O) groups is 1. The Morgan fingerprint density at radius 3 is 3.09 bits per heavy atom. The number of ether oxygens (including phenoxy) is 1. The Balaban J connectivity index is 1.59. The number of rotatable bonds is 6. The summed E-state index contributed by atoms with van der Waals surface area (Å²) < 4.78 is 5.69. The molecule has 2 amide bonds. The van der Waals surface area contributed by atoms with Crippen molar-refractivity contribution in [2.24, 2.45) is 0 Å².